The summed E-state index contributed by atoms with van der Waals surface area (Å²) in [6.45, 7) is 19.1. The van der Waals surface area contributed by atoms with Crippen LogP contribution in [-0.2, 0) is 62.0 Å². The summed E-state index contributed by atoms with van der Waals surface area (Å²) in [7, 11) is 0. The lowest BCUT2D eigenvalue weighted by Gasteiger charge is -2.61. The van der Waals surface area contributed by atoms with Crippen molar-refractivity contribution in [3.05, 3.63) is 11.6 Å². The van der Waals surface area contributed by atoms with Gasteiger partial charge in [-0.3, -0.25) is 33.6 Å². The molecule has 302 valence electrons. The van der Waals surface area contributed by atoms with Crippen LogP contribution >= 0.6 is 0 Å². The molecule has 4 aliphatic carbocycles. The average molecular weight is 761 g/mol. The highest BCUT2D eigenvalue weighted by atomic mass is 16.6. The van der Waals surface area contributed by atoms with Gasteiger partial charge in [-0.05, 0) is 95.1 Å². The Morgan fingerprint density at radius 2 is 1.37 bits per heavy atom. The van der Waals surface area contributed by atoms with Gasteiger partial charge in [-0.25, -0.2) is 0 Å². The molecule has 0 saturated heterocycles. The molecule has 0 spiro atoms. The molecule has 0 aromatic heterocycles. The summed E-state index contributed by atoms with van der Waals surface area (Å²) in [5.41, 5.74) is -4.71. The SMILES string of the molecule is CCC(CC(OC(C)=O)C(C)(OC(C)=O)C1CCC2(OC(C)=O)C3=CC(=O)C4CC(OC(C)=O)C(OC(C)=O)CC4(C)C3CCC12C)C(C)(C)OC(C)=O. The first-order chi connectivity index (χ1) is 24.9. The maximum Gasteiger partial charge on any atom is 0.303 e. The second kappa shape index (κ2) is 15.4. The van der Waals surface area contributed by atoms with Crippen molar-refractivity contribution in [3.8, 4) is 0 Å². The molecule has 11 atom stereocenters. The predicted molar refractivity (Wildman–Crippen MR) is 193 cm³/mol. The molecule has 0 heterocycles. The van der Waals surface area contributed by atoms with Gasteiger partial charge in [0.15, 0.2) is 5.78 Å². The molecule has 0 N–H and O–H groups in total. The number of carbonyl (C=O) groups is 7. The van der Waals surface area contributed by atoms with Gasteiger partial charge < -0.3 is 28.4 Å². The highest BCUT2D eigenvalue weighted by Crippen LogP contribution is 2.70. The van der Waals surface area contributed by atoms with Gasteiger partial charge in [-0.2, -0.15) is 0 Å². The summed E-state index contributed by atoms with van der Waals surface area (Å²) in [6, 6.07) is 0. The van der Waals surface area contributed by atoms with Gasteiger partial charge in [0.1, 0.15) is 35.1 Å². The number of ketones is 1. The molecule has 11 unspecified atom stereocenters. The van der Waals surface area contributed by atoms with Crippen molar-refractivity contribution < 1.29 is 62.0 Å². The number of ether oxygens (including phenoxy) is 6. The summed E-state index contributed by atoms with van der Waals surface area (Å²) >= 11 is 0. The minimum atomic E-state index is -1.45. The van der Waals surface area contributed by atoms with Gasteiger partial charge in [-0.15, -0.1) is 0 Å². The average Bonchev–Trinajstić information content (AvgIpc) is 3.31. The minimum Gasteiger partial charge on any atom is -0.460 e. The van der Waals surface area contributed by atoms with E-state index in [1.54, 1.807) is 26.8 Å². The van der Waals surface area contributed by atoms with Crippen LogP contribution in [0.2, 0.25) is 0 Å². The number of hydrogen-bond donors (Lipinski definition) is 0. The van der Waals surface area contributed by atoms with Crippen LogP contribution in [0.1, 0.15) is 134 Å². The Morgan fingerprint density at radius 1 is 0.778 bits per heavy atom. The van der Waals surface area contributed by atoms with Gasteiger partial charge in [0.25, 0.3) is 0 Å². The van der Waals surface area contributed by atoms with Gasteiger partial charge >= 0.3 is 35.8 Å². The number of hydrogen-bond acceptors (Lipinski definition) is 13. The quantitative estimate of drug-likeness (QED) is 0.170. The lowest BCUT2D eigenvalue weighted by atomic mass is 9.45. The summed E-state index contributed by atoms with van der Waals surface area (Å²) < 4.78 is 35.9. The number of carbonyl (C=O) groups excluding carboxylic acids is 7. The van der Waals surface area contributed by atoms with E-state index >= 15 is 0 Å². The molecule has 0 amide bonds. The lowest BCUT2D eigenvalue weighted by Crippen LogP contribution is -2.65. The summed E-state index contributed by atoms with van der Waals surface area (Å²) in [5.74, 6) is -5.11. The van der Waals surface area contributed by atoms with E-state index in [9.17, 15) is 33.6 Å². The Morgan fingerprint density at radius 3 is 1.89 bits per heavy atom. The maximum absolute atomic E-state index is 14.3. The molecule has 0 bridgehead atoms. The Balaban J connectivity index is 1.87. The van der Waals surface area contributed by atoms with Crippen molar-refractivity contribution in [2.45, 2.75) is 170 Å². The van der Waals surface area contributed by atoms with Crippen LogP contribution in [0.3, 0.4) is 0 Å². The third-order valence-electron chi connectivity index (χ3n) is 13.4. The molecule has 4 aliphatic rings. The van der Waals surface area contributed by atoms with E-state index in [0.29, 0.717) is 37.7 Å². The van der Waals surface area contributed by atoms with Gasteiger partial charge in [0, 0.05) is 64.7 Å². The van der Waals surface area contributed by atoms with Crippen molar-refractivity contribution in [1.82, 2.24) is 0 Å². The molecule has 0 radical (unpaired) electrons. The Kier molecular flexibility index (Phi) is 12.3. The summed E-state index contributed by atoms with van der Waals surface area (Å²) in [4.78, 5) is 89.8. The van der Waals surface area contributed by atoms with Crippen LogP contribution in [0.25, 0.3) is 0 Å². The minimum absolute atomic E-state index is 0.171. The van der Waals surface area contributed by atoms with Gasteiger partial charge in [0.05, 0.1) is 0 Å². The Bertz CT molecular complexity index is 1580. The second-order valence-corrected chi connectivity index (χ2v) is 17.2. The van der Waals surface area contributed by atoms with Crippen molar-refractivity contribution in [2.24, 2.45) is 34.5 Å². The highest BCUT2D eigenvalue weighted by Gasteiger charge is 2.73. The zero-order valence-corrected chi connectivity index (χ0v) is 34.1. The number of rotatable bonds is 12. The van der Waals surface area contributed by atoms with E-state index in [2.05, 4.69) is 0 Å². The van der Waals surface area contributed by atoms with E-state index in [4.69, 9.17) is 28.4 Å². The van der Waals surface area contributed by atoms with E-state index < -0.39 is 93.6 Å². The normalized spacial score (nSPS) is 33.9. The fraction of sp³-hybridized carbons (Fsp3) is 0.780. The molecular formula is C41H60O13. The van der Waals surface area contributed by atoms with Crippen LogP contribution in [0, 0.1) is 34.5 Å². The monoisotopic (exact) mass is 760 g/mol. The third kappa shape index (κ3) is 7.83. The van der Waals surface area contributed by atoms with Crippen molar-refractivity contribution in [3.63, 3.8) is 0 Å². The Labute approximate surface area is 318 Å². The molecule has 13 heteroatoms. The van der Waals surface area contributed by atoms with E-state index in [1.807, 2.05) is 20.8 Å². The predicted octanol–water partition coefficient (Wildman–Crippen LogP) is 5.91. The van der Waals surface area contributed by atoms with Crippen LogP contribution < -0.4 is 0 Å². The molecule has 54 heavy (non-hydrogen) atoms. The van der Waals surface area contributed by atoms with Crippen LogP contribution in [0.15, 0.2) is 11.6 Å². The number of fused-ring (bicyclic) bond motifs is 5. The smallest absolute Gasteiger partial charge is 0.303 e. The van der Waals surface area contributed by atoms with Crippen LogP contribution in [0.5, 0.6) is 0 Å². The highest BCUT2D eigenvalue weighted by molar-refractivity contribution is 5.95. The van der Waals surface area contributed by atoms with E-state index in [-0.39, 0.29) is 36.9 Å². The van der Waals surface area contributed by atoms with Crippen molar-refractivity contribution >= 4 is 41.6 Å². The summed E-state index contributed by atoms with van der Waals surface area (Å²) in [5, 5.41) is 0. The molecule has 0 aromatic carbocycles. The Hall–Kier alpha value is -3.77. The van der Waals surface area contributed by atoms with E-state index in [0.717, 1.165) is 0 Å². The molecule has 3 fully saturated rings. The number of allylic oxidation sites excluding steroid dienone is 1. The summed E-state index contributed by atoms with van der Waals surface area (Å²) in [6.07, 6.45) is 1.92. The van der Waals surface area contributed by atoms with Crippen molar-refractivity contribution in [1.29, 1.82) is 0 Å². The largest absolute Gasteiger partial charge is 0.460 e. The standard InChI is InChI=1S/C41H60O13/c1-13-28(37(8,9)52-25(5)45)18-36(51-24(4)44)40(12,53-26(6)46)35-15-17-41(54-27(7)47)30-19-32(48)31-20-33(49-22(2)42)34(50-23(3)43)21-38(31,10)29(30)14-16-39(35,41)11/h19,28-29,31,33-36H,13-18,20-21H2,1-12H3. The molecule has 3 saturated carbocycles. The van der Waals surface area contributed by atoms with Gasteiger partial charge in [-0.1, -0.05) is 20.8 Å². The maximum atomic E-state index is 14.3. The molecule has 0 aliphatic heterocycles. The van der Waals surface area contributed by atoms with Crippen molar-refractivity contribution in [2.75, 3.05) is 0 Å². The number of esters is 6. The fourth-order valence-electron chi connectivity index (χ4n) is 11.3. The lowest BCUT2D eigenvalue weighted by molar-refractivity contribution is -0.219. The topological polar surface area (TPSA) is 175 Å². The molecule has 0 aromatic rings. The first kappa shape index (κ1) is 43.0. The molecular weight excluding hydrogens is 700 g/mol. The first-order valence-electron chi connectivity index (χ1n) is 19.2. The molecule has 4 rings (SSSR count). The van der Waals surface area contributed by atoms with Crippen LogP contribution in [0.4, 0.5) is 0 Å². The zero-order chi connectivity index (χ0) is 40.8. The molecule has 13 nitrogen and oxygen atoms in total. The third-order valence-corrected chi connectivity index (χ3v) is 13.4. The first-order valence-corrected chi connectivity index (χ1v) is 19.2. The van der Waals surface area contributed by atoms with Crippen LogP contribution in [-0.4, -0.2) is 76.7 Å². The van der Waals surface area contributed by atoms with E-state index in [1.165, 1.54) is 41.5 Å². The van der Waals surface area contributed by atoms with Gasteiger partial charge in [0.2, 0.25) is 0 Å². The second-order valence-electron chi connectivity index (χ2n) is 17.2. The zero-order valence-electron chi connectivity index (χ0n) is 34.1. The fourth-order valence-corrected chi connectivity index (χ4v) is 11.3.